The molecule has 70 valence electrons. The largest absolute Gasteiger partial charge is 0.445 e. The minimum Gasteiger partial charge on any atom is -0.445 e. The first kappa shape index (κ1) is 9.32. The SMILES string of the molecule is CCOCCN1CC(C)OC1=O. The summed E-state index contributed by atoms with van der Waals surface area (Å²) in [5, 5.41) is 0. The first-order chi connectivity index (χ1) is 5.74. The molecule has 0 aliphatic carbocycles. The van der Waals surface area contributed by atoms with E-state index in [4.69, 9.17) is 9.47 Å². The molecule has 4 nitrogen and oxygen atoms in total. The minimum atomic E-state index is -0.220. The van der Waals surface area contributed by atoms with Gasteiger partial charge in [0.2, 0.25) is 0 Å². The van der Waals surface area contributed by atoms with Crippen LogP contribution in [0.15, 0.2) is 0 Å². The Hall–Kier alpha value is -0.770. The molecule has 0 radical (unpaired) electrons. The fourth-order valence-electron chi connectivity index (χ4n) is 1.17. The molecular weight excluding hydrogens is 158 g/mol. The Morgan fingerprint density at radius 1 is 1.75 bits per heavy atom. The van der Waals surface area contributed by atoms with Crippen molar-refractivity contribution < 1.29 is 14.3 Å². The van der Waals surface area contributed by atoms with E-state index in [0.717, 1.165) is 0 Å². The number of nitrogens with zero attached hydrogens (tertiary/aromatic N) is 1. The molecule has 1 unspecified atom stereocenters. The first-order valence-electron chi connectivity index (χ1n) is 4.27. The van der Waals surface area contributed by atoms with Crippen molar-refractivity contribution in [2.24, 2.45) is 0 Å². The Balaban J connectivity index is 2.19. The van der Waals surface area contributed by atoms with E-state index in [2.05, 4.69) is 0 Å². The lowest BCUT2D eigenvalue weighted by atomic mass is 10.4. The molecule has 1 heterocycles. The van der Waals surface area contributed by atoms with Crippen molar-refractivity contribution in [1.29, 1.82) is 0 Å². The molecule has 0 saturated carbocycles. The van der Waals surface area contributed by atoms with E-state index in [-0.39, 0.29) is 12.2 Å². The summed E-state index contributed by atoms with van der Waals surface area (Å²) in [6.07, 6.45) is -0.193. The number of cyclic esters (lactones) is 1. The first-order valence-corrected chi connectivity index (χ1v) is 4.27. The van der Waals surface area contributed by atoms with Gasteiger partial charge in [-0.15, -0.1) is 0 Å². The normalized spacial score (nSPS) is 23.0. The highest BCUT2D eigenvalue weighted by Crippen LogP contribution is 2.09. The second kappa shape index (κ2) is 4.30. The van der Waals surface area contributed by atoms with Crippen LogP contribution in [0.2, 0.25) is 0 Å². The van der Waals surface area contributed by atoms with Gasteiger partial charge in [-0.2, -0.15) is 0 Å². The number of carbonyl (C=O) groups excluding carboxylic acids is 1. The van der Waals surface area contributed by atoms with E-state index in [1.807, 2.05) is 13.8 Å². The smallest absolute Gasteiger partial charge is 0.410 e. The second-order valence-corrected chi connectivity index (χ2v) is 2.84. The van der Waals surface area contributed by atoms with Gasteiger partial charge in [0.25, 0.3) is 0 Å². The van der Waals surface area contributed by atoms with Crippen LogP contribution in [0.25, 0.3) is 0 Å². The lowest BCUT2D eigenvalue weighted by Crippen LogP contribution is -2.28. The van der Waals surface area contributed by atoms with Gasteiger partial charge in [-0.05, 0) is 13.8 Å². The highest BCUT2D eigenvalue weighted by atomic mass is 16.6. The Bertz CT molecular complexity index is 160. The van der Waals surface area contributed by atoms with Crippen molar-refractivity contribution in [2.45, 2.75) is 20.0 Å². The van der Waals surface area contributed by atoms with E-state index in [0.29, 0.717) is 26.3 Å². The second-order valence-electron chi connectivity index (χ2n) is 2.84. The summed E-state index contributed by atoms with van der Waals surface area (Å²) in [6.45, 7) is 6.43. The summed E-state index contributed by atoms with van der Waals surface area (Å²) in [6, 6.07) is 0. The van der Waals surface area contributed by atoms with Gasteiger partial charge in [-0.25, -0.2) is 4.79 Å². The van der Waals surface area contributed by atoms with Crippen LogP contribution >= 0.6 is 0 Å². The zero-order valence-corrected chi connectivity index (χ0v) is 7.58. The minimum absolute atomic E-state index is 0.0270. The Kier molecular flexibility index (Phi) is 3.34. The lowest BCUT2D eigenvalue weighted by molar-refractivity contribution is 0.114. The molecule has 1 aliphatic heterocycles. The number of ether oxygens (including phenoxy) is 2. The highest BCUT2D eigenvalue weighted by Gasteiger charge is 2.27. The van der Waals surface area contributed by atoms with Gasteiger partial charge in [0, 0.05) is 13.2 Å². The standard InChI is InChI=1S/C8H15NO3/c1-3-11-5-4-9-6-7(2)12-8(9)10/h7H,3-6H2,1-2H3. The predicted octanol–water partition coefficient (Wildman–Crippen LogP) is 0.864. The van der Waals surface area contributed by atoms with Crippen LogP contribution in [-0.4, -0.2) is 43.4 Å². The van der Waals surface area contributed by atoms with Crippen LogP contribution in [0, 0.1) is 0 Å². The number of amides is 1. The van der Waals surface area contributed by atoms with Crippen LogP contribution in [-0.2, 0) is 9.47 Å². The molecule has 0 spiro atoms. The topological polar surface area (TPSA) is 38.8 Å². The molecule has 1 atom stereocenters. The summed E-state index contributed by atoms with van der Waals surface area (Å²) in [7, 11) is 0. The fourth-order valence-corrected chi connectivity index (χ4v) is 1.17. The Morgan fingerprint density at radius 3 is 3.00 bits per heavy atom. The number of carbonyl (C=O) groups is 1. The Morgan fingerprint density at radius 2 is 2.50 bits per heavy atom. The third-order valence-electron chi connectivity index (χ3n) is 1.75. The summed E-state index contributed by atoms with van der Waals surface area (Å²) in [5.74, 6) is 0. The monoisotopic (exact) mass is 173 g/mol. The number of rotatable bonds is 4. The molecule has 1 amide bonds. The maximum atomic E-state index is 11.0. The average Bonchev–Trinajstić information content (AvgIpc) is 2.31. The predicted molar refractivity (Wildman–Crippen MR) is 44.0 cm³/mol. The fraction of sp³-hybridized carbons (Fsp3) is 0.875. The van der Waals surface area contributed by atoms with E-state index in [9.17, 15) is 4.79 Å². The molecule has 0 aromatic carbocycles. The summed E-state index contributed by atoms with van der Waals surface area (Å²) in [4.78, 5) is 12.7. The summed E-state index contributed by atoms with van der Waals surface area (Å²) < 4.78 is 10.1. The molecular formula is C8H15NO3. The maximum absolute atomic E-state index is 11.0. The third-order valence-corrected chi connectivity index (χ3v) is 1.75. The highest BCUT2D eigenvalue weighted by molar-refractivity contribution is 5.69. The van der Waals surface area contributed by atoms with Crippen molar-refractivity contribution >= 4 is 6.09 Å². The molecule has 1 rings (SSSR count). The Labute approximate surface area is 72.4 Å². The molecule has 0 aromatic rings. The van der Waals surface area contributed by atoms with E-state index in [1.165, 1.54) is 0 Å². The van der Waals surface area contributed by atoms with Crippen molar-refractivity contribution in [2.75, 3.05) is 26.3 Å². The maximum Gasteiger partial charge on any atom is 0.410 e. The quantitative estimate of drug-likeness (QED) is 0.592. The van der Waals surface area contributed by atoms with Gasteiger partial charge < -0.3 is 14.4 Å². The van der Waals surface area contributed by atoms with Gasteiger partial charge in [-0.3, -0.25) is 0 Å². The van der Waals surface area contributed by atoms with Crippen molar-refractivity contribution in [1.82, 2.24) is 4.90 Å². The van der Waals surface area contributed by atoms with Crippen LogP contribution in [0.1, 0.15) is 13.8 Å². The zero-order chi connectivity index (χ0) is 8.97. The van der Waals surface area contributed by atoms with Crippen molar-refractivity contribution in [3.63, 3.8) is 0 Å². The molecule has 4 heteroatoms. The van der Waals surface area contributed by atoms with Gasteiger partial charge >= 0.3 is 6.09 Å². The third kappa shape index (κ3) is 2.37. The lowest BCUT2D eigenvalue weighted by Gasteiger charge is -2.11. The average molecular weight is 173 g/mol. The number of hydrogen-bond donors (Lipinski definition) is 0. The van der Waals surface area contributed by atoms with Crippen molar-refractivity contribution in [3.05, 3.63) is 0 Å². The zero-order valence-electron chi connectivity index (χ0n) is 7.58. The van der Waals surface area contributed by atoms with Crippen LogP contribution in [0.4, 0.5) is 4.79 Å². The van der Waals surface area contributed by atoms with Gasteiger partial charge in [-0.1, -0.05) is 0 Å². The van der Waals surface area contributed by atoms with Crippen molar-refractivity contribution in [3.8, 4) is 0 Å². The molecule has 1 saturated heterocycles. The van der Waals surface area contributed by atoms with E-state index < -0.39 is 0 Å². The van der Waals surface area contributed by atoms with Crippen LogP contribution in [0.5, 0.6) is 0 Å². The van der Waals surface area contributed by atoms with E-state index in [1.54, 1.807) is 4.90 Å². The van der Waals surface area contributed by atoms with Gasteiger partial charge in [0.1, 0.15) is 6.10 Å². The van der Waals surface area contributed by atoms with Crippen LogP contribution < -0.4 is 0 Å². The number of hydrogen-bond acceptors (Lipinski definition) is 3. The summed E-state index contributed by atoms with van der Waals surface area (Å²) >= 11 is 0. The van der Waals surface area contributed by atoms with Gasteiger partial charge in [0.05, 0.1) is 13.2 Å². The molecule has 0 aromatic heterocycles. The molecule has 0 N–H and O–H groups in total. The van der Waals surface area contributed by atoms with Gasteiger partial charge in [0.15, 0.2) is 0 Å². The van der Waals surface area contributed by atoms with Crippen LogP contribution in [0.3, 0.4) is 0 Å². The summed E-state index contributed by atoms with van der Waals surface area (Å²) in [5.41, 5.74) is 0. The van der Waals surface area contributed by atoms with E-state index >= 15 is 0 Å². The molecule has 1 fully saturated rings. The molecule has 1 aliphatic rings. The molecule has 12 heavy (non-hydrogen) atoms. The molecule has 0 bridgehead atoms.